The van der Waals surface area contributed by atoms with Gasteiger partial charge in [-0.2, -0.15) is 10.1 Å². The maximum atomic E-state index is 5.18. The molecule has 1 aliphatic rings. The van der Waals surface area contributed by atoms with Crippen molar-refractivity contribution in [1.82, 2.24) is 24.7 Å². The molecule has 0 saturated carbocycles. The third-order valence-corrected chi connectivity index (χ3v) is 4.17. The monoisotopic (exact) mass is 337 g/mol. The fourth-order valence-electron chi connectivity index (χ4n) is 2.85. The SMILES string of the molecule is COc1ccnc(N2CCN(c3cccc(-n4cccn4)n3)CC2)n1. The fraction of sp³-hybridized carbons (Fsp3) is 0.294. The van der Waals surface area contributed by atoms with E-state index in [1.807, 2.05) is 30.5 Å². The summed E-state index contributed by atoms with van der Waals surface area (Å²) < 4.78 is 6.95. The molecule has 4 heterocycles. The summed E-state index contributed by atoms with van der Waals surface area (Å²) in [6.07, 6.45) is 5.37. The molecular weight excluding hydrogens is 318 g/mol. The zero-order valence-corrected chi connectivity index (χ0v) is 14.0. The van der Waals surface area contributed by atoms with Crippen molar-refractivity contribution in [3.8, 4) is 11.7 Å². The molecule has 8 nitrogen and oxygen atoms in total. The highest BCUT2D eigenvalue weighted by Gasteiger charge is 2.20. The van der Waals surface area contributed by atoms with Crippen molar-refractivity contribution >= 4 is 11.8 Å². The standard InChI is InChI=1S/C17H19N7O/c1-25-16-6-8-18-17(21-16)23-12-10-22(11-13-23)14-4-2-5-15(20-14)24-9-3-7-19-24/h2-9H,10-13H2,1H3. The van der Waals surface area contributed by atoms with Crippen molar-refractivity contribution < 1.29 is 4.74 Å². The van der Waals surface area contributed by atoms with Gasteiger partial charge in [0.15, 0.2) is 5.82 Å². The lowest BCUT2D eigenvalue weighted by Crippen LogP contribution is -2.47. The van der Waals surface area contributed by atoms with Crippen LogP contribution >= 0.6 is 0 Å². The average Bonchev–Trinajstić information content (AvgIpc) is 3.23. The average molecular weight is 337 g/mol. The Morgan fingerprint density at radius 3 is 2.44 bits per heavy atom. The predicted molar refractivity (Wildman–Crippen MR) is 94.4 cm³/mol. The topological polar surface area (TPSA) is 72.2 Å². The molecule has 0 bridgehead atoms. The normalized spacial score (nSPS) is 14.6. The summed E-state index contributed by atoms with van der Waals surface area (Å²) in [5, 5.41) is 4.24. The molecular formula is C17H19N7O. The van der Waals surface area contributed by atoms with Gasteiger partial charge in [-0.1, -0.05) is 6.07 Å². The molecule has 8 heteroatoms. The number of hydrogen-bond acceptors (Lipinski definition) is 7. The first-order valence-corrected chi connectivity index (χ1v) is 8.17. The molecule has 25 heavy (non-hydrogen) atoms. The van der Waals surface area contributed by atoms with Crippen molar-refractivity contribution in [3.05, 3.63) is 48.9 Å². The Kier molecular flexibility index (Phi) is 4.16. The van der Waals surface area contributed by atoms with Crippen LogP contribution in [0.1, 0.15) is 0 Å². The van der Waals surface area contributed by atoms with Crippen molar-refractivity contribution in [1.29, 1.82) is 0 Å². The number of nitrogens with zero attached hydrogens (tertiary/aromatic N) is 7. The van der Waals surface area contributed by atoms with Gasteiger partial charge in [0.2, 0.25) is 11.8 Å². The minimum atomic E-state index is 0.584. The van der Waals surface area contributed by atoms with Gasteiger partial charge in [0.25, 0.3) is 0 Å². The van der Waals surface area contributed by atoms with Gasteiger partial charge >= 0.3 is 0 Å². The molecule has 3 aromatic rings. The second-order valence-electron chi connectivity index (χ2n) is 5.68. The number of pyridine rings is 1. The summed E-state index contributed by atoms with van der Waals surface area (Å²) in [4.78, 5) is 17.9. The minimum Gasteiger partial charge on any atom is -0.481 e. The quantitative estimate of drug-likeness (QED) is 0.712. The van der Waals surface area contributed by atoms with E-state index >= 15 is 0 Å². The summed E-state index contributed by atoms with van der Waals surface area (Å²) in [6.45, 7) is 3.38. The highest BCUT2D eigenvalue weighted by atomic mass is 16.5. The molecule has 1 fully saturated rings. The van der Waals surface area contributed by atoms with E-state index in [4.69, 9.17) is 9.72 Å². The van der Waals surface area contributed by atoms with Gasteiger partial charge in [-0.3, -0.25) is 0 Å². The third-order valence-electron chi connectivity index (χ3n) is 4.17. The van der Waals surface area contributed by atoms with Gasteiger partial charge in [-0.25, -0.2) is 14.6 Å². The van der Waals surface area contributed by atoms with Crippen molar-refractivity contribution in [2.75, 3.05) is 43.1 Å². The number of rotatable bonds is 4. The molecule has 0 amide bonds. The lowest BCUT2D eigenvalue weighted by Gasteiger charge is -2.35. The molecule has 0 aliphatic carbocycles. The Hall–Kier alpha value is -3.16. The zero-order chi connectivity index (χ0) is 17.1. The van der Waals surface area contributed by atoms with Crippen LogP contribution < -0.4 is 14.5 Å². The van der Waals surface area contributed by atoms with E-state index in [0.29, 0.717) is 11.8 Å². The molecule has 3 aromatic heterocycles. The van der Waals surface area contributed by atoms with Gasteiger partial charge in [0.05, 0.1) is 7.11 Å². The number of aromatic nitrogens is 5. The van der Waals surface area contributed by atoms with Gasteiger partial charge in [0, 0.05) is 50.8 Å². The van der Waals surface area contributed by atoms with E-state index in [9.17, 15) is 0 Å². The second kappa shape index (κ2) is 6.76. The van der Waals surface area contributed by atoms with Crippen molar-refractivity contribution in [2.45, 2.75) is 0 Å². The maximum Gasteiger partial charge on any atom is 0.228 e. The smallest absolute Gasteiger partial charge is 0.228 e. The van der Waals surface area contributed by atoms with Crippen LogP contribution in [0.15, 0.2) is 48.9 Å². The molecule has 0 spiro atoms. The zero-order valence-electron chi connectivity index (χ0n) is 14.0. The number of piperazine rings is 1. The van der Waals surface area contributed by atoms with Crippen LogP contribution in [0.3, 0.4) is 0 Å². The number of anilines is 2. The largest absolute Gasteiger partial charge is 0.481 e. The molecule has 0 N–H and O–H groups in total. The van der Waals surface area contributed by atoms with E-state index in [0.717, 1.165) is 37.8 Å². The highest BCUT2D eigenvalue weighted by molar-refractivity contribution is 5.45. The summed E-state index contributed by atoms with van der Waals surface area (Å²) in [7, 11) is 1.61. The molecule has 0 unspecified atom stereocenters. The molecule has 0 atom stereocenters. The molecule has 128 valence electrons. The fourth-order valence-corrected chi connectivity index (χ4v) is 2.85. The minimum absolute atomic E-state index is 0.584. The first-order valence-electron chi connectivity index (χ1n) is 8.17. The number of hydrogen-bond donors (Lipinski definition) is 0. The first-order chi connectivity index (χ1) is 12.3. The van der Waals surface area contributed by atoms with Gasteiger partial charge < -0.3 is 14.5 Å². The maximum absolute atomic E-state index is 5.18. The molecule has 1 saturated heterocycles. The van der Waals surface area contributed by atoms with E-state index < -0.39 is 0 Å². The highest BCUT2D eigenvalue weighted by Crippen LogP contribution is 2.19. The number of ether oxygens (including phenoxy) is 1. The van der Waals surface area contributed by atoms with Crippen LogP contribution in [0.5, 0.6) is 5.88 Å². The van der Waals surface area contributed by atoms with Crippen LogP contribution in [0.25, 0.3) is 5.82 Å². The predicted octanol–water partition coefficient (Wildman–Crippen LogP) is 1.39. The lowest BCUT2D eigenvalue weighted by molar-refractivity contribution is 0.396. The van der Waals surface area contributed by atoms with Crippen molar-refractivity contribution in [3.63, 3.8) is 0 Å². The van der Waals surface area contributed by atoms with Gasteiger partial charge in [0.1, 0.15) is 5.82 Å². The molecule has 0 radical (unpaired) electrons. The van der Waals surface area contributed by atoms with Crippen molar-refractivity contribution in [2.24, 2.45) is 0 Å². The number of methoxy groups -OCH3 is 1. The Labute approximate surface area is 145 Å². The van der Waals surface area contributed by atoms with Crippen LogP contribution in [-0.2, 0) is 0 Å². The third kappa shape index (κ3) is 3.23. The summed E-state index contributed by atoms with van der Waals surface area (Å²) in [5.74, 6) is 3.07. The summed E-state index contributed by atoms with van der Waals surface area (Å²) in [5.41, 5.74) is 0. The Morgan fingerprint density at radius 1 is 0.880 bits per heavy atom. The Bertz CT molecular complexity index is 829. The summed E-state index contributed by atoms with van der Waals surface area (Å²) in [6, 6.07) is 9.64. The lowest BCUT2D eigenvalue weighted by atomic mass is 10.3. The van der Waals surface area contributed by atoms with Crippen LogP contribution in [0.4, 0.5) is 11.8 Å². The van der Waals surface area contributed by atoms with Gasteiger partial charge in [-0.05, 0) is 18.2 Å². The van der Waals surface area contributed by atoms with E-state index in [1.54, 1.807) is 30.3 Å². The van der Waals surface area contributed by atoms with Crippen LogP contribution in [0.2, 0.25) is 0 Å². The van der Waals surface area contributed by atoms with Crippen LogP contribution in [0, 0.1) is 0 Å². The summed E-state index contributed by atoms with van der Waals surface area (Å²) >= 11 is 0. The van der Waals surface area contributed by atoms with Gasteiger partial charge in [-0.15, -0.1) is 0 Å². The van der Waals surface area contributed by atoms with E-state index in [1.165, 1.54) is 0 Å². The Balaban J connectivity index is 1.46. The second-order valence-corrected chi connectivity index (χ2v) is 5.68. The van der Waals surface area contributed by atoms with E-state index in [2.05, 4.69) is 24.9 Å². The van der Waals surface area contributed by atoms with Crippen LogP contribution in [-0.4, -0.2) is 58.0 Å². The Morgan fingerprint density at radius 2 is 1.68 bits per heavy atom. The molecule has 0 aromatic carbocycles. The molecule has 1 aliphatic heterocycles. The molecule has 4 rings (SSSR count). The van der Waals surface area contributed by atoms with E-state index in [-0.39, 0.29) is 0 Å². The first kappa shape index (κ1) is 15.4.